The molecule has 0 radical (unpaired) electrons. The predicted octanol–water partition coefficient (Wildman–Crippen LogP) is 6.58. The molecule has 0 amide bonds. The Kier molecular flexibility index (Phi) is 15.4. The molecule has 2 N–H and O–H groups in total. The van der Waals surface area contributed by atoms with Crippen molar-refractivity contribution >= 4 is 0 Å². The molecule has 0 saturated carbocycles. The largest absolute Gasteiger partial charge is 0.365 e. The third-order valence-electron chi connectivity index (χ3n) is 5.18. The van der Waals surface area contributed by atoms with Gasteiger partial charge in [-0.25, -0.2) is 0 Å². The Morgan fingerprint density at radius 2 is 1.00 bits per heavy atom. The average Bonchev–Trinajstić information content (AvgIpc) is 2.53. The van der Waals surface area contributed by atoms with Crippen molar-refractivity contribution < 1.29 is 10.2 Å². The summed E-state index contributed by atoms with van der Waals surface area (Å²) in [5.74, 6) is -1.45. The molecule has 0 bridgehead atoms. The van der Waals surface area contributed by atoms with Crippen LogP contribution < -0.4 is 0 Å². The molecule has 0 heterocycles. The fraction of sp³-hybridized carbons (Fsp3) is 1.00. The van der Waals surface area contributed by atoms with E-state index in [0.717, 1.165) is 25.7 Å². The first kappa shape index (κ1) is 22.9. The standard InChI is InChI=1S/C21H44O2/c1-4-6-8-10-12-14-16-18-20(3)21(22,23)19-17-15-13-11-9-7-5-2/h20,22-23H,4-19H2,1-3H3. The Bertz CT molecular complexity index is 238. The molecule has 1 atom stereocenters. The van der Waals surface area contributed by atoms with E-state index in [0.29, 0.717) is 6.42 Å². The smallest absolute Gasteiger partial charge is 0.165 e. The number of unbranched alkanes of at least 4 members (excludes halogenated alkanes) is 12. The molecule has 0 rings (SSSR count). The van der Waals surface area contributed by atoms with E-state index in [1.807, 2.05) is 6.92 Å². The van der Waals surface area contributed by atoms with E-state index in [4.69, 9.17) is 0 Å². The molecular weight excluding hydrogens is 284 g/mol. The summed E-state index contributed by atoms with van der Waals surface area (Å²) < 4.78 is 0. The molecule has 0 aliphatic heterocycles. The monoisotopic (exact) mass is 328 g/mol. The lowest BCUT2D eigenvalue weighted by Crippen LogP contribution is -2.36. The first-order chi connectivity index (χ1) is 11.0. The Labute approximate surface area is 146 Å². The minimum Gasteiger partial charge on any atom is -0.365 e. The van der Waals surface area contributed by atoms with Crippen molar-refractivity contribution in [1.29, 1.82) is 0 Å². The van der Waals surface area contributed by atoms with Gasteiger partial charge in [-0.05, 0) is 12.8 Å². The summed E-state index contributed by atoms with van der Waals surface area (Å²) in [7, 11) is 0. The van der Waals surface area contributed by atoms with Crippen molar-refractivity contribution in [2.45, 2.75) is 129 Å². The molecule has 0 aliphatic carbocycles. The highest BCUT2D eigenvalue weighted by Crippen LogP contribution is 2.26. The maximum absolute atomic E-state index is 10.3. The number of aliphatic hydroxyl groups is 2. The molecule has 0 aromatic heterocycles. The van der Waals surface area contributed by atoms with E-state index < -0.39 is 5.79 Å². The van der Waals surface area contributed by atoms with Crippen molar-refractivity contribution in [3.8, 4) is 0 Å². The van der Waals surface area contributed by atoms with Gasteiger partial charge in [0.1, 0.15) is 0 Å². The third-order valence-corrected chi connectivity index (χ3v) is 5.18. The minimum absolute atomic E-state index is 0.00164. The molecule has 23 heavy (non-hydrogen) atoms. The summed E-state index contributed by atoms with van der Waals surface area (Å²) >= 11 is 0. The van der Waals surface area contributed by atoms with Gasteiger partial charge in [-0.2, -0.15) is 0 Å². The molecule has 2 nitrogen and oxygen atoms in total. The minimum atomic E-state index is -1.45. The molecule has 140 valence electrons. The van der Waals surface area contributed by atoms with Gasteiger partial charge in [0.15, 0.2) is 5.79 Å². The molecule has 0 spiro atoms. The topological polar surface area (TPSA) is 40.5 Å². The molecule has 2 heteroatoms. The zero-order chi connectivity index (χ0) is 17.4. The molecule has 0 saturated heterocycles. The highest BCUT2D eigenvalue weighted by molar-refractivity contribution is 4.72. The summed E-state index contributed by atoms with van der Waals surface area (Å²) in [6.45, 7) is 6.48. The summed E-state index contributed by atoms with van der Waals surface area (Å²) in [5, 5.41) is 20.5. The Morgan fingerprint density at radius 1 is 0.609 bits per heavy atom. The van der Waals surface area contributed by atoms with Crippen LogP contribution in [0.3, 0.4) is 0 Å². The van der Waals surface area contributed by atoms with Crippen LogP contribution in [0.15, 0.2) is 0 Å². The summed E-state index contributed by atoms with van der Waals surface area (Å²) in [6.07, 6.45) is 19.1. The normalized spacial score (nSPS) is 13.4. The second-order valence-electron chi connectivity index (χ2n) is 7.56. The maximum atomic E-state index is 10.3. The van der Waals surface area contributed by atoms with Crippen LogP contribution in [0, 0.1) is 5.92 Å². The second-order valence-corrected chi connectivity index (χ2v) is 7.56. The molecule has 0 aromatic rings. The lowest BCUT2D eigenvalue weighted by atomic mass is 9.90. The summed E-state index contributed by atoms with van der Waals surface area (Å²) in [5.41, 5.74) is 0. The van der Waals surface area contributed by atoms with E-state index in [-0.39, 0.29) is 5.92 Å². The van der Waals surface area contributed by atoms with Crippen molar-refractivity contribution in [1.82, 2.24) is 0 Å². The van der Waals surface area contributed by atoms with Crippen LogP contribution in [-0.4, -0.2) is 16.0 Å². The zero-order valence-electron chi connectivity index (χ0n) is 16.3. The first-order valence-corrected chi connectivity index (χ1v) is 10.5. The van der Waals surface area contributed by atoms with E-state index in [1.54, 1.807) is 0 Å². The molecule has 1 unspecified atom stereocenters. The maximum Gasteiger partial charge on any atom is 0.165 e. The van der Waals surface area contributed by atoms with E-state index >= 15 is 0 Å². The van der Waals surface area contributed by atoms with Gasteiger partial charge < -0.3 is 10.2 Å². The average molecular weight is 329 g/mol. The number of hydrogen-bond acceptors (Lipinski definition) is 2. The Morgan fingerprint density at radius 3 is 1.48 bits per heavy atom. The van der Waals surface area contributed by atoms with Crippen molar-refractivity contribution in [3.63, 3.8) is 0 Å². The van der Waals surface area contributed by atoms with Gasteiger partial charge in [0.25, 0.3) is 0 Å². The van der Waals surface area contributed by atoms with E-state index in [1.165, 1.54) is 70.6 Å². The SMILES string of the molecule is CCCCCCCCCC(C)C(O)(O)CCCCCCCCC. The van der Waals surface area contributed by atoms with E-state index in [2.05, 4.69) is 13.8 Å². The van der Waals surface area contributed by atoms with Gasteiger partial charge >= 0.3 is 0 Å². The van der Waals surface area contributed by atoms with Crippen LogP contribution in [0.25, 0.3) is 0 Å². The number of rotatable bonds is 17. The quantitative estimate of drug-likeness (QED) is 0.234. The lowest BCUT2D eigenvalue weighted by molar-refractivity contribution is -0.203. The van der Waals surface area contributed by atoms with Gasteiger partial charge in [0.2, 0.25) is 0 Å². The highest BCUT2D eigenvalue weighted by Gasteiger charge is 2.29. The second kappa shape index (κ2) is 15.4. The van der Waals surface area contributed by atoms with Crippen molar-refractivity contribution in [2.75, 3.05) is 0 Å². The van der Waals surface area contributed by atoms with Crippen LogP contribution >= 0.6 is 0 Å². The van der Waals surface area contributed by atoms with Gasteiger partial charge in [0, 0.05) is 12.3 Å². The van der Waals surface area contributed by atoms with E-state index in [9.17, 15) is 10.2 Å². The van der Waals surface area contributed by atoms with Gasteiger partial charge in [-0.15, -0.1) is 0 Å². The van der Waals surface area contributed by atoms with Crippen molar-refractivity contribution in [3.05, 3.63) is 0 Å². The fourth-order valence-corrected chi connectivity index (χ4v) is 3.23. The summed E-state index contributed by atoms with van der Waals surface area (Å²) in [6, 6.07) is 0. The lowest BCUT2D eigenvalue weighted by Gasteiger charge is -2.29. The van der Waals surface area contributed by atoms with Crippen LogP contribution in [0.5, 0.6) is 0 Å². The summed E-state index contributed by atoms with van der Waals surface area (Å²) in [4.78, 5) is 0. The third kappa shape index (κ3) is 14.0. The van der Waals surface area contributed by atoms with Crippen LogP contribution in [0.1, 0.15) is 124 Å². The Hall–Kier alpha value is -0.0800. The van der Waals surface area contributed by atoms with Gasteiger partial charge in [0.05, 0.1) is 0 Å². The zero-order valence-corrected chi connectivity index (χ0v) is 16.3. The van der Waals surface area contributed by atoms with Crippen LogP contribution in [0.4, 0.5) is 0 Å². The van der Waals surface area contributed by atoms with Gasteiger partial charge in [-0.3, -0.25) is 0 Å². The molecular formula is C21H44O2. The van der Waals surface area contributed by atoms with Crippen molar-refractivity contribution in [2.24, 2.45) is 5.92 Å². The Balaban J connectivity index is 3.57. The van der Waals surface area contributed by atoms with Crippen LogP contribution in [-0.2, 0) is 0 Å². The molecule has 0 aromatic carbocycles. The first-order valence-electron chi connectivity index (χ1n) is 10.5. The highest BCUT2D eigenvalue weighted by atomic mass is 16.5. The molecule has 0 fully saturated rings. The fourth-order valence-electron chi connectivity index (χ4n) is 3.23. The van der Waals surface area contributed by atoms with Gasteiger partial charge in [-0.1, -0.05) is 104 Å². The predicted molar refractivity (Wildman–Crippen MR) is 102 cm³/mol. The number of hydrogen-bond donors (Lipinski definition) is 2. The molecule has 0 aliphatic rings. The van der Waals surface area contributed by atoms with Crippen LogP contribution in [0.2, 0.25) is 0 Å².